The molecule has 0 heterocycles. The molecule has 0 aliphatic heterocycles. The molecule has 2 nitrogen and oxygen atoms in total. The lowest BCUT2D eigenvalue weighted by Crippen LogP contribution is -2.05. The molecule has 4 heteroatoms. The van der Waals surface area contributed by atoms with Gasteiger partial charge in [0.05, 0.1) is 5.56 Å². The van der Waals surface area contributed by atoms with E-state index in [0.717, 1.165) is 6.07 Å². The summed E-state index contributed by atoms with van der Waals surface area (Å²) in [6, 6.07) is 3.88. The minimum Gasteiger partial charge on any atom is -0.458 e. The van der Waals surface area contributed by atoms with Crippen LogP contribution in [-0.2, 0) is 4.74 Å². The monoisotopic (exact) mass is 258 g/mol. The van der Waals surface area contributed by atoms with E-state index < -0.39 is 11.8 Å². The number of ether oxygens (including phenoxy) is 1. The Morgan fingerprint density at radius 2 is 2.29 bits per heavy atom. The van der Waals surface area contributed by atoms with E-state index in [1.807, 2.05) is 0 Å². The van der Waals surface area contributed by atoms with Gasteiger partial charge < -0.3 is 4.74 Å². The van der Waals surface area contributed by atoms with Crippen molar-refractivity contribution in [3.8, 4) is 0 Å². The third-order valence-corrected chi connectivity index (χ3v) is 1.89. The first-order chi connectivity index (χ1) is 6.63. The highest BCUT2D eigenvalue weighted by Crippen LogP contribution is 2.15. The van der Waals surface area contributed by atoms with Crippen LogP contribution in [0.1, 0.15) is 10.4 Å². The summed E-state index contributed by atoms with van der Waals surface area (Å²) in [5, 5.41) is 0. The van der Waals surface area contributed by atoms with Gasteiger partial charge in [-0.2, -0.15) is 0 Å². The van der Waals surface area contributed by atoms with Gasteiger partial charge in [-0.25, -0.2) is 9.18 Å². The summed E-state index contributed by atoms with van der Waals surface area (Å²) in [6.07, 6.45) is 1.45. The molecule has 1 aromatic rings. The molecule has 0 bridgehead atoms. The van der Waals surface area contributed by atoms with Crippen LogP contribution in [0.4, 0.5) is 4.39 Å². The van der Waals surface area contributed by atoms with Crippen LogP contribution in [0.25, 0.3) is 0 Å². The van der Waals surface area contributed by atoms with Crippen molar-refractivity contribution in [1.29, 1.82) is 0 Å². The fourth-order valence-corrected chi connectivity index (χ4v) is 1.35. The summed E-state index contributed by atoms with van der Waals surface area (Å²) < 4.78 is 18.1. The van der Waals surface area contributed by atoms with E-state index in [1.54, 1.807) is 0 Å². The maximum absolute atomic E-state index is 12.9. The number of esters is 1. The molecule has 0 saturated carbocycles. The number of hydrogen-bond acceptors (Lipinski definition) is 2. The highest BCUT2D eigenvalue weighted by atomic mass is 79.9. The average Bonchev–Trinajstić information content (AvgIpc) is 2.12. The quantitative estimate of drug-likeness (QED) is 0.616. The molecule has 0 aliphatic rings. The standard InChI is InChI=1S/C10H8BrFO2/c1-2-3-14-10(13)7-4-8(11)6-9(12)5-7/h2,4-6H,1,3H2. The molecule has 0 spiro atoms. The third kappa shape index (κ3) is 2.96. The second kappa shape index (κ2) is 4.91. The van der Waals surface area contributed by atoms with Crippen LogP contribution in [0.2, 0.25) is 0 Å². The summed E-state index contributed by atoms with van der Waals surface area (Å²) in [7, 11) is 0. The van der Waals surface area contributed by atoms with E-state index in [0.29, 0.717) is 4.47 Å². The van der Waals surface area contributed by atoms with Gasteiger partial charge in [-0.15, -0.1) is 0 Å². The lowest BCUT2D eigenvalue weighted by atomic mass is 10.2. The molecule has 0 N–H and O–H groups in total. The van der Waals surface area contributed by atoms with Crippen molar-refractivity contribution in [2.45, 2.75) is 0 Å². The van der Waals surface area contributed by atoms with Crippen LogP contribution in [-0.4, -0.2) is 12.6 Å². The first-order valence-electron chi connectivity index (χ1n) is 3.87. The van der Waals surface area contributed by atoms with Crippen LogP contribution in [0.5, 0.6) is 0 Å². The summed E-state index contributed by atoms with van der Waals surface area (Å²) in [5.41, 5.74) is 0.179. The fraction of sp³-hybridized carbons (Fsp3) is 0.100. The van der Waals surface area contributed by atoms with E-state index in [2.05, 4.69) is 22.5 Å². The topological polar surface area (TPSA) is 26.3 Å². The van der Waals surface area contributed by atoms with Gasteiger partial charge in [0.25, 0.3) is 0 Å². The molecule has 0 aliphatic carbocycles. The number of rotatable bonds is 3. The minimum atomic E-state index is -0.565. The summed E-state index contributed by atoms with van der Waals surface area (Å²) >= 11 is 3.08. The molecule has 74 valence electrons. The Balaban J connectivity index is 2.84. The third-order valence-electron chi connectivity index (χ3n) is 1.43. The molecule has 14 heavy (non-hydrogen) atoms. The minimum absolute atomic E-state index is 0.118. The molecule has 0 aromatic heterocycles. The van der Waals surface area contributed by atoms with Gasteiger partial charge in [0.2, 0.25) is 0 Å². The highest BCUT2D eigenvalue weighted by Gasteiger charge is 2.08. The molecule has 0 atom stereocenters. The van der Waals surface area contributed by atoms with Gasteiger partial charge >= 0.3 is 5.97 Å². The lowest BCUT2D eigenvalue weighted by Gasteiger charge is -2.02. The predicted octanol–water partition coefficient (Wildman–Crippen LogP) is 2.93. The van der Waals surface area contributed by atoms with Gasteiger partial charge in [0.1, 0.15) is 12.4 Å². The van der Waals surface area contributed by atoms with Crippen molar-refractivity contribution < 1.29 is 13.9 Å². The number of carbonyl (C=O) groups excluding carboxylic acids is 1. The Labute approximate surface area is 89.5 Å². The molecule has 0 unspecified atom stereocenters. The highest BCUT2D eigenvalue weighted by molar-refractivity contribution is 9.10. The Hall–Kier alpha value is -1.16. The van der Waals surface area contributed by atoms with Gasteiger partial charge in [0, 0.05) is 4.47 Å². The van der Waals surface area contributed by atoms with Gasteiger partial charge in [-0.1, -0.05) is 28.6 Å². The van der Waals surface area contributed by atoms with Crippen molar-refractivity contribution in [2.75, 3.05) is 6.61 Å². The second-order valence-electron chi connectivity index (χ2n) is 2.55. The largest absolute Gasteiger partial charge is 0.458 e. The van der Waals surface area contributed by atoms with Crippen molar-refractivity contribution in [2.24, 2.45) is 0 Å². The van der Waals surface area contributed by atoms with Crippen LogP contribution in [0, 0.1) is 5.82 Å². The van der Waals surface area contributed by atoms with E-state index in [9.17, 15) is 9.18 Å². The molecule has 0 amide bonds. The smallest absolute Gasteiger partial charge is 0.338 e. The summed E-state index contributed by atoms with van der Waals surface area (Å²) in [5.74, 6) is -1.05. The SMILES string of the molecule is C=CCOC(=O)c1cc(F)cc(Br)c1. The average molecular weight is 259 g/mol. The number of hydrogen-bond donors (Lipinski definition) is 0. The zero-order valence-electron chi connectivity index (χ0n) is 7.30. The van der Waals surface area contributed by atoms with Gasteiger partial charge in [-0.3, -0.25) is 0 Å². The molecule has 0 fully saturated rings. The van der Waals surface area contributed by atoms with Crippen molar-refractivity contribution in [3.05, 3.63) is 46.7 Å². The first-order valence-corrected chi connectivity index (χ1v) is 4.67. The lowest BCUT2D eigenvalue weighted by molar-refractivity contribution is 0.0549. The normalized spacial score (nSPS) is 9.57. The van der Waals surface area contributed by atoms with Crippen LogP contribution >= 0.6 is 15.9 Å². The number of carbonyl (C=O) groups is 1. The van der Waals surface area contributed by atoms with Crippen molar-refractivity contribution in [1.82, 2.24) is 0 Å². The Morgan fingerprint density at radius 3 is 2.86 bits per heavy atom. The van der Waals surface area contributed by atoms with Crippen LogP contribution in [0.15, 0.2) is 35.3 Å². The van der Waals surface area contributed by atoms with E-state index in [1.165, 1.54) is 18.2 Å². The Bertz CT molecular complexity index is 343. The van der Waals surface area contributed by atoms with E-state index in [-0.39, 0.29) is 12.2 Å². The first kappa shape index (κ1) is 10.9. The van der Waals surface area contributed by atoms with Crippen molar-refractivity contribution >= 4 is 21.9 Å². The predicted molar refractivity (Wildman–Crippen MR) is 54.6 cm³/mol. The molecule has 0 radical (unpaired) electrons. The van der Waals surface area contributed by atoms with E-state index in [4.69, 9.17) is 4.74 Å². The zero-order chi connectivity index (χ0) is 10.6. The maximum Gasteiger partial charge on any atom is 0.338 e. The van der Waals surface area contributed by atoms with Crippen molar-refractivity contribution in [3.63, 3.8) is 0 Å². The number of halogens is 2. The van der Waals surface area contributed by atoms with Gasteiger partial charge in [-0.05, 0) is 18.2 Å². The molecular formula is C10H8BrFO2. The second-order valence-corrected chi connectivity index (χ2v) is 3.46. The Kier molecular flexibility index (Phi) is 3.83. The number of benzene rings is 1. The molecule has 0 saturated heterocycles. The summed E-state index contributed by atoms with van der Waals surface area (Å²) in [6.45, 7) is 3.52. The van der Waals surface area contributed by atoms with E-state index >= 15 is 0 Å². The molecular weight excluding hydrogens is 251 g/mol. The maximum atomic E-state index is 12.9. The van der Waals surface area contributed by atoms with Gasteiger partial charge in [0.15, 0.2) is 0 Å². The summed E-state index contributed by atoms with van der Waals surface area (Å²) in [4.78, 5) is 11.3. The molecule has 1 rings (SSSR count). The Morgan fingerprint density at radius 1 is 1.57 bits per heavy atom. The van der Waals surface area contributed by atoms with Crippen LogP contribution < -0.4 is 0 Å². The van der Waals surface area contributed by atoms with Crippen LogP contribution in [0.3, 0.4) is 0 Å². The molecule has 1 aromatic carbocycles. The fourth-order valence-electron chi connectivity index (χ4n) is 0.890. The zero-order valence-corrected chi connectivity index (χ0v) is 8.88.